The highest BCUT2D eigenvalue weighted by molar-refractivity contribution is 7.93. The zero-order valence-corrected chi connectivity index (χ0v) is 14.7. The Morgan fingerprint density at radius 2 is 1.92 bits per heavy atom. The first-order valence-electron chi connectivity index (χ1n) is 7.87. The summed E-state index contributed by atoms with van der Waals surface area (Å²) in [7, 11) is -3.20. The average Bonchev–Trinajstić information content (AvgIpc) is 2.52. The highest BCUT2D eigenvalue weighted by Crippen LogP contribution is 2.43. The van der Waals surface area contributed by atoms with E-state index in [0.717, 1.165) is 0 Å². The first kappa shape index (κ1) is 20.7. The average molecular weight is 400 g/mol. The molecule has 1 aliphatic carbocycles. The summed E-state index contributed by atoms with van der Waals surface area (Å²) < 4.78 is 69.5. The minimum Gasteiger partial charge on any atom is -0.461 e. The Balaban J connectivity index is 1.81. The van der Waals surface area contributed by atoms with E-state index in [1.54, 1.807) is 6.92 Å². The third-order valence-electron chi connectivity index (χ3n) is 4.70. The lowest BCUT2D eigenvalue weighted by Crippen LogP contribution is -2.62. The number of alkyl halides is 3. The number of hydrogen-bond donors (Lipinski definition) is 1. The van der Waals surface area contributed by atoms with Gasteiger partial charge in [-0.05, 0) is 12.3 Å². The summed E-state index contributed by atoms with van der Waals surface area (Å²) in [5.74, 6) is -3.62. The molecule has 0 aromatic heterocycles. The van der Waals surface area contributed by atoms with Crippen LogP contribution in [0.15, 0.2) is 12.2 Å². The maximum atomic E-state index is 12.2. The van der Waals surface area contributed by atoms with E-state index in [2.05, 4.69) is 11.3 Å². The van der Waals surface area contributed by atoms with Gasteiger partial charge in [-0.1, -0.05) is 13.5 Å². The van der Waals surface area contributed by atoms with E-state index in [-0.39, 0.29) is 12.2 Å². The molecule has 0 radical (unpaired) electrons. The Labute approximate surface area is 148 Å². The Morgan fingerprint density at radius 3 is 2.46 bits per heavy atom. The van der Waals surface area contributed by atoms with Gasteiger partial charge in [-0.3, -0.25) is 4.79 Å². The molecular weight excluding hydrogens is 381 g/mol. The van der Waals surface area contributed by atoms with Crippen LogP contribution < -0.4 is 0 Å². The molecule has 2 fully saturated rings. The van der Waals surface area contributed by atoms with Crippen molar-refractivity contribution in [2.24, 2.45) is 11.8 Å². The van der Waals surface area contributed by atoms with Crippen LogP contribution >= 0.6 is 0 Å². The fourth-order valence-corrected chi connectivity index (χ4v) is 5.43. The first-order valence-corrected chi connectivity index (χ1v) is 9.58. The van der Waals surface area contributed by atoms with Crippen molar-refractivity contribution in [1.82, 2.24) is 0 Å². The molecule has 26 heavy (non-hydrogen) atoms. The molecule has 1 saturated carbocycles. The molecule has 5 unspecified atom stereocenters. The molecule has 0 bridgehead atoms. The van der Waals surface area contributed by atoms with Gasteiger partial charge in [0.1, 0.15) is 18.3 Å². The molecule has 0 aromatic rings. The Hall–Kier alpha value is -1.62. The fraction of sp³-hybridized carbons (Fsp3) is 0.733. The number of rotatable bonds is 5. The van der Waals surface area contributed by atoms with Gasteiger partial charge in [0.05, 0.1) is 23.5 Å². The van der Waals surface area contributed by atoms with Crippen LogP contribution in [0.3, 0.4) is 0 Å². The van der Waals surface area contributed by atoms with E-state index < -0.39 is 75.8 Å². The van der Waals surface area contributed by atoms with Crippen LogP contribution in [0.2, 0.25) is 0 Å². The van der Waals surface area contributed by atoms with Crippen molar-refractivity contribution >= 4 is 21.8 Å². The van der Waals surface area contributed by atoms with Gasteiger partial charge in [-0.15, -0.1) is 0 Å². The number of hydrogen-bond acceptors (Lipinski definition) is 7. The minimum absolute atomic E-state index is 0.170. The van der Waals surface area contributed by atoms with Crippen LogP contribution in [0.4, 0.5) is 13.2 Å². The van der Waals surface area contributed by atoms with Gasteiger partial charge in [-0.25, -0.2) is 13.2 Å². The summed E-state index contributed by atoms with van der Waals surface area (Å²) >= 11 is 0. The van der Waals surface area contributed by atoms with Crippen LogP contribution in [0.5, 0.6) is 0 Å². The van der Waals surface area contributed by atoms with Crippen LogP contribution in [0.1, 0.15) is 19.8 Å². The summed E-state index contributed by atoms with van der Waals surface area (Å²) in [4.78, 5) is 22.9. The quantitative estimate of drug-likeness (QED) is 0.536. The summed E-state index contributed by atoms with van der Waals surface area (Å²) in [6, 6.07) is 0. The minimum atomic E-state index is -4.92. The number of aliphatic hydroxyl groups excluding tert-OH is 1. The number of carbonyl (C=O) groups excluding carboxylic acids is 2. The number of esters is 2. The zero-order valence-electron chi connectivity index (χ0n) is 13.9. The van der Waals surface area contributed by atoms with E-state index in [0.29, 0.717) is 0 Å². The highest BCUT2D eigenvalue weighted by atomic mass is 32.2. The second-order valence-corrected chi connectivity index (χ2v) is 8.82. The number of aliphatic hydroxyl groups is 1. The second kappa shape index (κ2) is 7.18. The van der Waals surface area contributed by atoms with E-state index >= 15 is 0 Å². The standard InChI is InChI=1S/C15H19F3O7S/c1-7-5-10-9(6-26(10,22)23)12(20)13(7)25-11(19)3-4-24-14(21)8(2)15(16,17)18/h7,9-10,12-13,20H,2-6H2,1H3. The molecule has 5 atom stereocenters. The molecule has 1 N–H and O–H groups in total. The number of sulfone groups is 1. The predicted molar refractivity (Wildman–Crippen MR) is 81.5 cm³/mol. The molecule has 1 heterocycles. The predicted octanol–water partition coefficient (Wildman–Crippen LogP) is 0.764. The molecular formula is C15H19F3O7S. The van der Waals surface area contributed by atoms with Crippen molar-refractivity contribution in [2.45, 2.75) is 43.4 Å². The SMILES string of the molecule is C=C(C(=O)OCCC(=O)OC1C(C)CC2C(CS2(=O)=O)C1O)C(F)(F)F. The monoisotopic (exact) mass is 400 g/mol. The van der Waals surface area contributed by atoms with Gasteiger partial charge in [0.25, 0.3) is 0 Å². The van der Waals surface area contributed by atoms with E-state index in [9.17, 15) is 36.3 Å². The Bertz CT molecular complexity index is 701. The second-order valence-electron chi connectivity index (χ2n) is 6.55. The van der Waals surface area contributed by atoms with Crippen LogP contribution in [-0.4, -0.2) is 61.5 Å². The van der Waals surface area contributed by atoms with Gasteiger partial charge >= 0.3 is 18.1 Å². The van der Waals surface area contributed by atoms with Crippen molar-refractivity contribution in [3.8, 4) is 0 Å². The lowest BCUT2D eigenvalue weighted by atomic mass is 9.78. The van der Waals surface area contributed by atoms with Crippen molar-refractivity contribution in [2.75, 3.05) is 12.4 Å². The number of ether oxygens (including phenoxy) is 2. The lowest BCUT2D eigenvalue weighted by molar-refractivity contribution is -0.168. The van der Waals surface area contributed by atoms with E-state index in [1.165, 1.54) is 0 Å². The van der Waals surface area contributed by atoms with Gasteiger partial charge in [0.15, 0.2) is 9.84 Å². The van der Waals surface area contributed by atoms with Crippen LogP contribution in [0, 0.1) is 11.8 Å². The largest absolute Gasteiger partial charge is 0.461 e. The molecule has 2 rings (SSSR count). The molecule has 2 aliphatic rings. The van der Waals surface area contributed by atoms with E-state index in [4.69, 9.17) is 4.74 Å². The van der Waals surface area contributed by atoms with Gasteiger partial charge in [0, 0.05) is 5.92 Å². The molecule has 11 heteroatoms. The van der Waals surface area contributed by atoms with Gasteiger partial charge in [-0.2, -0.15) is 13.2 Å². The number of halogens is 3. The molecule has 148 valence electrons. The third-order valence-corrected chi connectivity index (χ3v) is 7.01. The zero-order chi connectivity index (χ0) is 19.9. The van der Waals surface area contributed by atoms with Crippen molar-refractivity contribution < 1.29 is 45.8 Å². The molecule has 1 aliphatic heterocycles. The molecule has 1 saturated heterocycles. The van der Waals surface area contributed by atoms with E-state index in [1.807, 2.05) is 0 Å². The smallest absolute Gasteiger partial charge is 0.422 e. The van der Waals surface area contributed by atoms with Crippen molar-refractivity contribution in [3.63, 3.8) is 0 Å². The first-order chi connectivity index (χ1) is 11.8. The normalized spacial score (nSPS) is 32.7. The Kier molecular flexibility index (Phi) is 5.71. The van der Waals surface area contributed by atoms with Crippen LogP contribution in [0.25, 0.3) is 0 Å². The van der Waals surface area contributed by atoms with Crippen molar-refractivity contribution in [3.05, 3.63) is 12.2 Å². The number of carbonyl (C=O) groups is 2. The number of fused-ring (bicyclic) bond motifs is 1. The molecule has 0 aromatic carbocycles. The van der Waals surface area contributed by atoms with Crippen molar-refractivity contribution in [1.29, 1.82) is 0 Å². The third kappa shape index (κ3) is 4.20. The maximum absolute atomic E-state index is 12.2. The molecule has 0 amide bonds. The summed E-state index contributed by atoms with van der Waals surface area (Å²) in [5.41, 5.74) is -1.68. The molecule has 0 spiro atoms. The topological polar surface area (TPSA) is 107 Å². The summed E-state index contributed by atoms with van der Waals surface area (Å²) in [5, 5.41) is 9.58. The lowest BCUT2D eigenvalue weighted by Gasteiger charge is -2.48. The summed E-state index contributed by atoms with van der Waals surface area (Å²) in [6.45, 7) is 3.58. The maximum Gasteiger partial charge on any atom is 0.422 e. The highest BCUT2D eigenvalue weighted by Gasteiger charge is 2.56. The van der Waals surface area contributed by atoms with Crippen LogP contribution in [-0.2, 0) is 28.9 Å². The Morgan fingerprint density at radius 1 is 1.31 bits per heavy atom. The molecule has 7 nitrogen and oxygen atoms in total. The van der Waals surface area contributed by atoms with Gasteiger partial charge < -0.3 is 14.6 Å². The summed E-state index contributed by atoms with van der Waals surface area (Å²) in [6.07, 6.45) is -7.22. The van der Waals surface area contributed by atoms with Gasteiger partial charge in [0.2, 0.25) is 0 Å². The fourth-order valence-electron chi connectivity index (χ4n) is 3.19.